The highest BCUT2D eigenvalue weighted by Crippen LogP contribution is 2.46. The van der Waals surface area contributed by atoms with Gasteiger partial charge in [-0.3, -0.25) is 9.69 Å². The first-order valence-corrected chi connectivity index (χ1v) is 9.04. The van der Waals surface area contributed by atoms with Crippen molar-refractivity contribution in [2.24, 2.45) is 16.6 Å². The lowest BCUT2D eigenvalue weighted by molar-refractivity contribution is -0.144. The van der Waals surface area contributed by atoms with Gasteiger partial charge >= 0.3 is 0 Å². The molecule has 3 atom stereocenters. The molecule has 1 amide bonds. The van der Waals surface area contributed by atoms with Gasteiger partial charge < -0.3 is 15.2 Å². The number of nitrogens with zero attached hydrogens (tertiary/aromatic N) is 3. The Labute approximate surface area is 162 Å². The molecule has 0 aliphatic carbocycles. The van der Waals surface area contributed by atoms with Crippen LogP contribution in [0.5, 0.6) is 11.6 Å². The van der Waals surface area contributed by atoms with Gasteiger partial charge in [0.15, 0.2) is 5.96 Å². The summed E-state index contributed by atoms with van der Waals surface area (Å²) in [6.45, 7) is 1.94. The molecule has 2 aliphatic heterocycles. The third kappa shape index (κ3) is 2.99. The average molecular weight is 384 g/mol. The van der Waals surface area contributed by atoms with Gasteiger partial charge in [0.05, 0.1) is 18.6 Å². The van der Waals surface area contributed by atoms with E-state index in [0.717, 1.165) is 0 Å². The molecule has 1 aromatic carbocycles. The van der Waals surface area contributed by atoms with Gasteiger partial charge in [-0.2, -0.15) is 0 Å². The van der Waals surface area contributed by atoms with Crippen LogP contribution < -0.4 is 10.5 Å². The molecule has 2 N–H and O–H groups in total. The first kappa shape index (κ1) is 18.4. The summed E-state index contributed by atoms with van der Waals surface area (Å²) in [5.41, 5.74) is 4.98. The van der Waals surface area contributed by atoms with E-state index in [2.05, 4.69) is 9.98 Å². The van der Waals surface area contributed by atoms with Crippen LogP contribution in [0.3, 0.4) is 0 Å². The zero-order chi connectivity index (χ0) is 19.9. The van der Waals surface area contributed by atoms with Crippen molar-refractivity contribution in [3.8, 4) is 11.6 Å². The van der Waals surface area contributed by atoms with Crippen molar-refractivity contribution < 1.29 is 18.7 Å². The second kappa shape index (κ2) is 6.87. The van der Waals surface area contributed by atoms with E-state index in [1.165, 1.54) is 17.0 Å². The van der Waals surface area contributed by atoms with Gasteiger partial charge in [0.2, 0.25) is 11.8 Å². The maximum absolute atomic E-state index is 14.9. The van der Waals surface area contributed by atoms with E-state index in [1.807, 2.05) is 6.92 Å². The number of pyridine rings is 1. The number of halogens is 1. The maximum atomic E-state index is 14.9. The van der Waals surface area contributed by atoms with E-state index in [9.17, 15) is 9.18 Å². The van der Waals surface area contributed by atoms with Gasteiger partial charge in [0.1, 0.15) is 17.1 Å². The van der Waals surface area contributed by atoms with Crippen LogP contribution in [0, 0.1) is 11.7 Å². The Balaban J connectivity index is 1.81. The van der Waals surface area contributed by atoms with E-state index in [-0.39, 0.29) is 30.1 Å². The van der Waals surface area contributed by atoms with Crippen LogP contribution in [0.1, 0.15) is 18.9 Å². The predicted molar refractivity (Wildman–Crippen MR) is 100 cm³/mol. The molecule has 2 aliphatic rings. The molecule has 4 rings (SSSR count). The molecule has 7 nitrogen and oxygen atoms in total. The molecule has 146 valence electrons. The summed E-state index contributed by atoms with van der Waals surface area (Å²) in [5.74, 6) is -0.460. The van der Waals surface area contributed by atoms with Crippen LogP contribution in [0.25, 0.3) is 0 Å². The van der Waals surface area contributed by atoms with Crippen molar-refractivity contribution in [1.82, 2.24) is 9.88 Å². The summed E-state index contributed by atoms with van der Waals surface area (Å²) in [5, 5.41) is 0. The fourth-order valence-electron chi connectivity index (χ4n) is 3.76. The summed E-state index contributed by atoms with van der Waals surface area (Å²) in [6.07, 6.45) is 1.89. The molecule has 28 heavy (non-hydrogen) atoms. The fraction of sp³-hybridized carbons (Fsp3) is 0.350. The number of hydrogen-bond acceptors (Lipinski definition) is 6. The molecule has 0 bridgehead atoms. The monoisotopic (exact) mass is 384 g/mol. The van der Waals surface area contributed by atoms with Crippen molar-refractivity contribution in [1.29, 1.82) is 0 Å². The van der Waals surface area contributed by atoms with E-state index in [4.69, 9.17) is 15.2 Å². The Kier molecular flexibility index (Phi) is 4.50. The number of benzene rings is 1. The molecule has 8 heteroatoms. The number of aromatic nitrogens is 1. The predicted octanol–water partition coefficient (Wildman–Crippen LogP) is 2.42. The molecule has 0 unspecified atom stereocenters. The van der Waals surface area contributed by atoms with Gasteiger partial charge in [0, 0.05) is 24.9 Å². The zero-order valence-corrected chi connectivity index (χ0v) is 15.6. The van der Waals surface area contributed by atoms with Crippen molar-refractivity contribution >= 4 is 11.9 Å². The van der Waals surface area contributed by atoms with E-state index in [1.54, 1.807) is 37.5 Å². The van der Waals surface area contributed by atoms with Gasteiger partial charge in [0.25, 0.3) is 0 Å². The van der Waals surface area contributed by atoms with Crippen molar-refractivity contribution in [2.75, 3.05) is 13.7 Å². The van der Waals surface area contributed by atoms with E-state index in [0.29, 0.717) is 18.1 Å². The third-order valence-corrected chi connectivity index (χ3v) is 5.28. The number of carbonyl (C=O) groups is 1. The molecule has 1 saturated heterocycles. The normalized spacial score (nSPS) is 27.2. The number of ether oxygens (including phenoxy) is 2. The molecule has 0 spiro atoms. The second-order valence-electron chi connectivity index (χ2n) is 7.11. The summed E-state index contributed by atoms with van der Waals surface area (Å²) in [6, 6.07) is 9.62. The molecular weight excluding hydrogens is 363 g/mol. The summed E-state index contributed by atoms with van der Waals surface area (Å²) in [7, 11) is 1.57. The number of nitrogens with two attached hydrogens (primary N) is 1. The number of hydrogen-bond donors (Lipinski definition) is 1. The summed E-state index contributed by atoms with van der Waals surface area (Å²) >= 11 is 0. The Morgan fingerprint density at radius 1 is 1.36 bits per heavy atom. The smallest absolute Gasteiger partial charge is 0.235 e. The van der Waals surface area contributed by atoms with Crippen molar-refractivity contribution in [2.45, 2.75) is 25.0 Å². The van der Waals surface area contributed by atoms with Crippen molar-refractivity contribution in [3.05, 3.63) is 54.0 Å². The van der Waals surface area contributed by atoms with Crippen LogP contribution in [-0.4, -0.2) is 41.5 Å². The van der Waals surface area contributed by atoms with E-state index < -0.39 is 17.3 Å². The Morgan fingerprint density at radius 2 is 2.18 bits per heavy atom. The number of aliphatic imine (C=N–C) groups is 1. The minimum atomic E-state index is -1.23. The number of fused-ring (bicyclic) bond motifs is 1. The number of amides is 1. The van der Waals surface area contributed by atoms with Crippen LogP contribution in [0.2, 0.25) is 0 Å². The lowest BCUT2D eigenvalue weighted by Crippen LogP contribution is -2.59. The lowest BCUT2D eigenvalue weighted by Gasteiger charge is -2.46. The number of carbonyl (C=O) groups excluding carboxylic acids is 1. The molecule has 1 fully saturated rings. The minimum Gasteiger partial charge on any atom is -0.439 e. The number of guanidine groups is 1. The van der Waals surface area contributed by atoms with Crippen LogP contribution >= 0.6 is 0 Å². The first-order chi connectivity index (χ1) is 13.4. The molecule has 2 aromatic rings. The van der Waals surface area contributed by atoms with E-state index >= 15 is 0 Å². The Morgan fingerprint density at radius 3 is 2.93 bits per heavy atom. The van der Waals surface area contributed by atoms with Crippen LogP contribution in [-0.2, 0) is 15.1 Å². The van der Waals surface area contributed by atoms with Crippen LogP contribution in [0.4, 0.5) is 4.39 Å². The summed E-state index contributed by atoms with van der Waals surface area (Å²) in [4.78, 5) is 22.9. The average Bonchev–Trinajstić information content (AvgIpc) is 2.69. The van der Waals surface area contributed by atoms with Gasteiger partial charge in [-0.25, -0.2) is 14.4 Å². The maximum Gasteiger partial charge on any atom is 0.235 e. The highest BCUT2D eigenvalue weighted by Gasteiger charge is 2.54. The summed E-state index contributed by atoms with van der Waals surface area (Å²) < 4.78 is 26.5. The van der Waals surface area contributed by atoms with Gasteiger partial charge in [-0.05, 0) is 37.6 Å². The first-order valence-electron chi connectivity index (χ1n) is 9.04. The largest absolute Gasteiger partial charge is 0.439 e. The Bertz CT molecular complexity index is 936. The second-order valence-corrected chi connectivity index (χ2v) is 7.11. The minimum absolute atomic E-state index is 0.0369. The van der Waals surface area contributed by atoms with Crippen molar-refractivity contribution in [3.63, 3.8) is 0 Å². The molecule has 0 saturated carbocycles. The SMILES string of the molecule is C[C@H]1C[C@H]2C(=O)N(C)C(N)=N[C@@]2(c2cc(Oc3ccccn3)ccc2F)CO1. The zero-order valence-electron chi connectivity index (χ0n) is 15.6. The molecule has 1 aromatic heterocycles. The lowest BCUT2D eigenvalue weighted by atomic mass is 9.72. The molecule has 3 heterocycles. The molecular formula is C20H21FN4O3. The van der Waals surface area contributed by atoms with Crippen LogP contribution in [0.15, 0.2) is 47.6 Å². The highest BCUT2D eigenvalue weighted by atomic mass is 19.1. The highest BCUT2D eigenvalue weighted by molar-refractivity contribution is 6.00. The standard InChI is InChI=1S/C20H21FN4O3/c1-12-9-15-18(26)25(2)19(22)24-20(15,11-27-12)14-10-13(6-7-16(14)21)28-17-5-3-4-8-23-17/h3-8,10,12,15H,9,11H2,1-2H3,(H2,22,24)/t12-,15-,20+/m0/s1. The van der Waals surface area contributed by atoms with Gasteiger partial charge in [-0.1, -0.05) is 6.07 Å². The number of rotatable bonds is 3. The molecule has 0 radical (unpaired) electrons. The third-order valence-electron chi connectivity index (χ3n) is 5.28. The quantitative estimate of drug-likeness (QED) is 0.878. The topological polar surface area (TPSA) is 90.0 Å². The van der Waals surface area contributed by atoms with Gasteiger partial charge in [-0.15, -0.1) is 0 Å². The Hall–Kier alpha value is -3.00. The fourth-order valence-corrected chi connectivity index (χ4v) is 3.76.